The van der Waals surface area contributed by atoms with E-state index >= 15 is 0 Å². The van der Waals surface area contributed by atoms with Crippen molar-refractivity contribution in [2.75, 3.05) is 31.3 Å². The fourth-order valence-corrected chi connectivity index (χ4v) is 3.36. The predicted octanol–water partition coefficient (Wildman–Crippen LogP) is 4.44. The van der Waals surface area contributed by atoms with Gasteiger partial charge in [0.25, 0.3) is 11.8 Å². The monoisotopic (exact) mass is 478 g/mol. The molecule has 0 heterocycles. The molecule has 0 saturated heterocycles. The van der Waals surface area contributed by atoms with Gasteiger partial charge in [-0.3, -0.25) is 15.0 Å². The lowest BCUT2D eigenvalue weighted by molar-refractivity contribution is 0.102. The number of carbonyl (C=O) groups is 2. The largest absolute Gasteiger partial charge is 0.495 e. The summed E-state index contributed by atoms with van der Waals surface area (Å²) in [5.74, 6) is 4.68. The summed E-state index contributed by atoms with van der Waals surface area (Å²) in [4.78, 5) is 28.1. The summed E-state index contributed by atoms with van der Waals surface area (Å²) in [5.41, 5.74) is 2.98. The number of ether oxygens (including phenoxy) is 1. The van der Waals surface area contributed by atoms with E-state index in [9.17, 15) is 9.59 Å². The van der Waals surface area contributed by atoms with Crippen molar-refractivity contribution >= 4 is 29.0 Å². The molecular formula is C29H26N4O3. The number of benzene rings is 3. The van der Waals surface area contributed by atoms with Crippen LogP contribution >= 0.6 is 0 Å². The lowest BCUT2D eigenvalue weighted by atomic mass is 10.0. The number of carbonyl (C=O) groups excluding carboxylic acids is 2. The first-order valence-electron chi connectivity index (χ1n) is 11.1. The molecule has 36 heavy (non-hydrogen) atoms. The Kier molecular flexibility index (Phi) is 8.12. The zero-order chi connectivity index (χ0) is 26.2. The molecule has 3 aromatic rings. The number of amidine groups is 1. The van der Waals surface area contributed by atoms with E-state index in [1.165, 1.54) is 13.2 Å². The van der Waals surface area contributed by atoms with Gasteiger partial charge in [-0.1, -0.05) is 24.0 Å². The van der Waals surface area contributed by atoms with Gasteiger partial charge >= 0.3 is 0 Å². The lowest BCUT2D eigenvalue weighted by Crippen LogP contribution is -2.26. The Balaban J connectivity index is 1.92. The molecule has 0 aliphatic heterocycles. The molecule has 180 valence electrons. The Morgan fingerprint density at radius 1 is 0.917 bits per heavy atom. The second-order valence-corrected chi connectivity index (χ2v) is 7.82. The third-order valence-electron chi connectivity index (χ3n) is 5.56. The molecule has 0 aromatic heterocycles. The quantitative estimate of drug-likeness (QED) is 0.266. The first-order chi connectivity index (χ1) is 17.3. The molecule has 3 rings (SSSR count). The molecule has 0 saturated carbocycles. The van der Waals surface area contributed by atoms with Crippen LogP contribution in [0.1, 0.15) is 44.3 Å². The molecule has 0 spiro atoms. The smallest absolute Gasteiger partial charge is 0.257 e. The summed E-state index contributed by atoms with van der Waals surface area (Å²) >= 11 is 0. The molecule has 2 amide bonds. The highest BCUT2D eigenvalue weighted by molar-refractivity contribution is 6.14. The second-order valence-electron chi connectivity index (χ2n) is 7.82. The third-order valence-corrected chi connectivity index (χ3v) is 5.56. The van der Waals surface area contributed by atoms with Crippen LogP contribution in [0.15, 0.2) is 60.7 Å². The Bertz CT molecular complexity index is 1380. The van der Waals surface area contributed by atoms with Gasteiger partial charge in [0, 0.05) is 41.5 Å². The van der Waals surface area contributed by atoms with E-state index < -0.39 is 11.8 Å². The van der Waals surface area contributed by atoms with Crippen LogP contribution in [0.3, 0.4) is 0 Å². The summed E-state index contributed by atoms with van der Waals surface area (Å²) in [7, 11) is 3.25. The topological polar surface area (TPSA) is 94.5 Å². The van der Waals surface area contributed by atoms with Crippen molar-refractivity contribution in [3.63, 3.8) is 0 Å². The molecule has 0 radical (unpaired) electrons. The number of anilines is 2. The van der Waals surface area contributed by atoms with Crippen LogP contribution < -0.4 is 15.4 Å². The predicted molar refractivity (Wildman–Crippen MR) is 143 cm³/mol. The van der Waals surface area contributed by atoms with Gasteiger partial charge in [-0.2, -0.15) is 0 Å². The average molecular weight is 479 g/mol. The average Bonchev–Trinajstić information content (AvgIpc) is 2.92. The van der Waals surface area contributed by atoms with Gasteiger partial charge in [-0.05, 0) is 55.5 Å². The number of terminal acetylenes is 2. The highest BCUT2D eigenvalue weighted by Gasteiger charge is 2.21. The number of rotatable bonds is 7. The molecule has 0 unspecified atom stereocenters. The molecule has 3 N–H and O–H groups in total. The van der Waals surface area contributed by atoms with Crippen LogP contribution in [0.4, 0.5) is 11.4 Å². The Morgan fingerprint density at radius 2 is 1.53 bits per heavy atom. The summed E-state index contributed by atoms with van der Waals surface area (Å²) in [6.45, 7) is 2.64. The fraction of sp³-hybridized carbons (Fsp3) is 0.138. The van der Waals surface area contributed by atoms with E-state index in [4.69, 9.17) is 23.0 Å². The third kappa shape index (κ3) is 5.72. The molecular weight excluding hydrogens is 452 g/mol. The summed E-state index contributed by atoms with van der Waals surface area (Å²) in [6, 6.07) is 16.5. The SMILES string of the molecule is C#Cc1ccc(NC(=O)c2cc(C#C)cc(OC)c2NC(=O)c2ccc(C(=N)N(C)CC)cc2)cc1. The zero-order valence-electron chi connectivity index (χ0n) is 20.3. The van der Waals surface area contributed by atoms with Gasteiger partial charge in [-0.15, -0.1) is 12.8 Å². The molecule has 0 atom stereocenters. The normalized spacial score (nSPS) is 9.92. The van der Waals surface area contributed by atoms with Crippen LogP contribution in [0.25, 0.3) is 0 Å². The van der Waals surface area contributed by atoms with E-state index in [0.29, 0.717) is 40.3 Å². The molecule has 0 aliphatic rings. The van der Waals surface area contributed by atoms with E-state index in [-0.39, 0.29) is 17.0 Å². The Hall–Kier alpha value is -5.01. The van der Waals surface area contributed by atoms with Crippen LogP contribution in [0.2, 0.25) is 0 Å². The molecule has 7 heteroatoms. The molecule has 0 aliphatic carbocycles. The maximum Gasteiger partial charge on any atom is 0.257 e. The standard InChI is InChI=1S/C29H26N4O3/c1-6-19-9-15-23(16-10-19)31-29(35)24-17-20(7-2)18-25(36-5)26(24)32-28(34)22-13-11-21(12-14-22)27(30)33(4)8-3/h1-2,9-18,30H,8H2,3-5H3,(H,31,35)(H,32,34). The van der Waals surface area contributed by atoms with Crippen LogP contribution in [-0.2, 0) is 0 Å². The number of nitrogens with one attached hydrogen (secondary N) is 3. The number of hydrogen-bond acceptors (Lipinski definition) is 4. The molecule has 7 nitrogen and oxygen atoms in total. The zero-order valence-corrected chi connectivity index (χ0v) is 20.3. The number of amides is 2. The van der Waals surface area contributed by atoms with Gasteiger partial charge in [-0.25, -0.2) is 0 Å². The minimum Gasteiger partial charge on any atom is -0.495 e. The van der Waals surface area contributed by atoms with Crippen molar-refractivity contribution in [1.29, 1.82) is 5.41 Å². The first-order valence-corrected chi connectivity index (χ1v) is 11.1. The van der Waals surface area contributed by atoms with E-state index in [0.717, 1.165) is 0 Å². The Morgan fingerprint density at radius 3 is 2.08 bits per heavy atom. The van der Waals surface area contributed by atoms with Crippen molar-refractivity contribution in [2.24, 2.45) is 0 Å². The highest BCUT2D eigenvalue weighted by atomic mass is 16.5. The number of hydrogen-bond donors (Lipinski definition) is 3. The van der Waals surface area contributed by atoms with E-state index in [1.807, 2.05) is 14.0 Å². The molecule has 3 aromatic carbocycles. The highest BCUT2D eigenvalue weighted by Crippen LogP contribution is 2.31. The minimum absolute atomic E-state index is 0.139. The summed E-state index contributed by atoms with van der Waals surface area (Å²) in [5, 5.41) is 13.8. The van der Waals surface area contributed by atoms with Crippen molar-refractivity contribution in [3.05, 3.63) is 88.5 Å². The second kappa shape index (κ2) is 11.4. The van der Waals surface area contributed by atoms with Crippen molar-refractivity contribution in [1.82, 2.24) is 4.90 Å². The van der Waals surface area contributed by atoms with Crippen LogP contribution in [0.5, 0.6) is 5.75 Å². The maximum atomic E-state index is 13.2. The lowest BCUT2D eigenvalue weighted by Gasteiger charge is -2.18. The van der Waals surface area contributed by atoms with Gasteiger partial charge in [0.1, 0.15) is 11.6 Å². The van der Waals surface area contributed by atoms with Crippen molar-refractivity contribution in [2.45, 2.75) is 6.92 Å². The van der Waals surface area contributed by atoms with Crippen molar-refractivity contribution < 1.29 is 14.3 Å². The van der Waals surface area contributed by atoms with Crippen molar-refractivity contribution in [3.8, 4) is 30.4 Å². The van der Waals surface area contributed by atoms with Crippen LogP contribution in [0, 0.1) is 30.1 Å². The Labute approximate surface area is 211 Å². The van der Waals surface area contributed by atoms with Gasteiger partial charge in [0.15, 0.2) is 0 Å². The molecule has 0 bridgehead atoms. The maximum absolute atomic E-state index is 13.2. The van der Waals surface area contributed by atoms with Gasteiger partial charge in [0.2, 0.25) is 0 Å². The summed E-state index contributed by atoms with van der Waals surface area (Å²) in [6.07, 6.45) is 11.0. The minimum atomic E-state index is -0.486. The number of methoxy groups -OCH3 is 1. The van der Waals surface area contributed by atoms with E-state index in [2.05, 4.69) is 22.5 Å². The fourth-order valence-electron chi connectivity index (χ4n) is 3.36. The first kappa shape index (κ1) is 25.6. The number of nitrogens with zero attached hydrogens (tertiary/aromatic N) is 1. The van der Waals surface area contributed by atoms with Gasteiger partial charge < -0.3 is 20.3 Å². The van der Waals surface area contributed by atoms with Crippen LogP contribution in [-0.4, -0.2) is 43.3 Å². The van der Waals surface area contributed by atoms with Gasteiger partial charge in [0.05, 0.1) is 18.4 Å². The molecule has 0 fully saturated rings. The van der Waals surface area contributed by atoms with E-state index in [1.54, 1.807) is 59.5 Å². The summed E-state index contributed by atoms with van der Waals surface area (Å²) < 4.78 is 5.44.